The van der Waals surface area contributed by atoms with E-state index in [2.05, 4.69) is 49.5 Å². The minimum absolute atomic E-state index is 0.243. The van der Waals surface area contributed by atoms with Crippen molar-refractivity contribution < 1.29 is 4.79 Å². The smallest absolute Gasteiger partial charge is 0.258 e. The van der Waals surface area contributed by atoms with Crippen molar-refractivity contribution in [2.45, 2.75) is 0 Å². The quantitative estimate of drug-likeness (QED) is 0.728. The first-order valence-electron chi connectivity index (χ1n) is 8.44. The highest BCUT2D eigenvalue weighted by atomic mass is 79.9. The van der Waals surface area contributed by atoms with Crippen LogP contribution in [0.3, 0.4) is 0 Å². The Bertz CT molecular complexity index is 806. The molecule has 0 saturated carbocycles. The zero-order chi connectivity index (χ0) is 18.5. The van der Waals surface area contributed by atoms with Gasteiger partial charge in [-0.05, 0) is 59.5 Å². The van der Waals surface area contributed by atoms with Crippen LogP contribution in [0.5, 0.6) is 0 Å². The van der Waals surface area contributed by atoms with Crippen molar-refractivity contribution in [1.29, 1.82) is 0 Å². The van der Waals surface area contributed by atoms with E-state index in [-0.39, 0.29) is 11.0 Å². The zero-order valence-electron chi connectivity index (χ0n) is 14.5. The summed E-state index contributed by atoms with van der Waals surface area (Å²) in [5.41, 5.74) is 2.54. The van der Waals surface area contributed by atoms with E-state index in [9.17, 15) is 4.79 Å². The SMILES string of the molecule is CN1CCN(c2ccccc2NC(=S)NC(=O)c2ccccc2Br)CC1. The van der Waals surface area contributed by atoms with Crippen molar-refractivity contribution in [3.63, 3.8) is 0 Å². The minimum atomic E-state index is -0.243. The van der Waals surface area contributed by atoms with Gasteiger partial charge in [0.1, 0.15) is 0 Å². The Kier molecular flexibility index (Phi) is 6.24. The number of hydrogen-bond acceptors (Lipinski definition) is 4. The molecule has 0 atom stereocenters. The minimum Gasteiger partial charge on any atom is -0.367 e. The molecule has 1 aliphatic rings. The average molecular weight is 433 g/mol. The van der Waals surface area contributed by atoms with Gasteiger partial charge >= 0.3 is 0 Å². The van der Waals surface area contributed by atoms with Crippen molar-refractivity contribution in [3.8, 4) is 0 Å². The van der Waals surface area contributed by atoms with Gasteiger partial charge in [-0.25, -0.2) is 0 Å². The predicted molar refractivity (Wildman–Crippen MR) is 114 cm³/mol. The topological polar surface area (TPSA) is 47.6 Å². The van der Waals surface area contributed by atoms with Gasteiger partial charge < -0.3 is 15.1 Å². The highest BCUT2D eigenvalue weighted by molar-refractivity contribution is 9.10. The highest BCUT2D eigenvalue weighted by Gasteiger charge is 2.18. The first-order valence-corrected chi connectivity index (χ1v) is 9.64. The largest absolute Gasteiger partial charge is 0.367 e. The standard InChI is InChI=1S/C19H21BrN4OS/c1-23-10-12-24(13-11-23)17-9-5-4-8-16(17)21-19(26)22-18(25)14-6-2-3-7-15(14)20/h2-9H,10-13H2,1H3,(H2,21,22,25,26). The van der Waals surface area contributed by atoms with Gasteiger partial charge in [0.15, 0.2) is 5.11 Å². The number of amides is 1. The number of carbonyl (C=O) groups is 1. The van der Waals surface area contributed by atoms with Gasteiger partial charge in [0.2, 0.25) is 0 Å². The lowest BCUT2D eigenvalue weighted by atomic mass is 10.2. The first-order chi connectivity index (χ1) is 12.5. The molecule has 7 heteroatoms. The number of carbonyl (C=O) groups excluding carboxylic acids is 1. The average Bonchev–Trinajstić information content (AvgIpc) is 2.63. The Morgan fingerprint density at radius 3 is 2.42 bits per heavy atom. The second kappa shape index (κ2) is 8.62. The highest BCUT2D eigenvalue weighted by Crippen LogP contribution is 2.26. The van der Waals surface area contributed by atoms with Crippen LogP contribution >= 0.6 is 28.1 Å². The molecule has 2 aromatic carbocycles. The van der Waals surface area contributed by atoms with Crippen molar-refractivity contribution in [3.05, 3.63) is 58.6 Å². The maximum absolute atomic E-state index is 12.4. The van der Waals surface area contributed by atoms with Crippen LogP contribution in [0.4, 0.5) is 11.4 Å². The van der Waals surface area contributed by atoms with Crippen molar-refractivity contribution in [2.75, 3.05) is 43.4 Å². The number of thiocarbonyl (C=S) groups is 1. The van der Waals surface area contributed by atoms with Crippen LogP contribution in [0.15, 0.2) is 53.0 Å². The van der Waals surface area contributed by atoms with E-state index in [0.29, 0.717) is 5.56 Å². The molecule has 3 rings (SSSR count). The van der Waals surface area contributed by atoms with Gasteiger partial charge in [-0.1, -0.05) is 24.3 Å². The number of anilines is 2. The van der Waals surface area contributed by atoms with Crippen LogP contribution in [0.1, 0.15) is 10.4 Å². The second-order valence-corrected chi connectivity index (χ2v) is 7.46. The van der Waals surface area contributed by atoms with Gasteiger partial charge in [0.05, 0.1) is 16.9 Å². The second-order valence-electron chi connectivity index (χ2n) is 6.20. The Hall–Kier alpha value is -1.96. The number of piperazine rings is 1. The molecular formula is C19H21BrN4OS. The molecule has 1 amide bonds. The normalized spacial score (nSPS) is 14.8. The number of para-hydroxylation sites is 2. The lowest BCUT2D eigenvalue weighted by Crippen LogP contribution is -2.45. The molecule has 0 aromatic heterocycles. The molecule has 26 heavy (non-hydrogen) atoms. The maximum Gasteiger partial charge on any atom is 0.258 e. The summed E-state index contributed by atoms with van der Waals surface area (Å²) in [5.74, 6) is -0.243. The third-order valence-corrected chi connectivity index (χ3v) is 5.24. The Morgan fingerprint density at radius 1 is 1.04 bits per heavy atom. The van der Waals surface area contributed by atoms with Crippen LogP contribution in [0.25, 0.3) is 0 Å². The van der Waals surface area contributed by atoms with E-state index in [4.69, 9.17) is 12.2 Å². The van der Waals surface area contributed by atoms with Crippen LogP contribution in [-0.2, 0) is 0 Å². The number of hydrogen-bond donors (Lipinski definition) is 2. The summed E-state index contributed by atoms with van der Waals surface area (Å²) in [7, 11) is 2.13. The monoisotopic (exact) mass is 432 g/mol. The molecule has 0 aliphatic carbocycles. The summed E-state index contributed by atoms with van der Waals surface area (Å²) in [6, 6.07) is 15.3. The lowest BCUT2D eigenvalue weighted by Gasteiger charge is -2.35. The predicted octanol–water partition coefficient (Wildman–Crippen LogP) is 3.33. The molecule has 1 aliphatic heterocycles. The fraction of sp³-hybridized carbons (Fsp3) is 0.263. The van der Waals surface area contributed by atoms with Crippen LogP contribution in [0.2, 0.25) is 0 Å². The molecule has 1 fully saturated rings. The number of rotatable bonds is 3. The number of likely N-dealkylation sites (N-methyl/N-ethyl adjacent to an activating group) is 1. The molecule has 0 unspecified atom stereocenters. The zero-order valence-corrected chi connectivity index (χ0v) is 16.9. The fourth-order valence-electron chi connectivity index (χ4n) is 2.87. The molecule has 2 aromatic rings. The molecule has 0 bridgehead atoms. The van der Waals surface area contributed by atoms with Gasteiger partial charge in [0, 0.05) is 30.7 Å². The molecular weight excluding hydrogens is 412 g/mol. The van der Waals surface area contributed by atoms with E-state index >= 15 is 0 Å². The molecule has 1 heterocycles. The molecule has 136 valence electrons. The van der Waals surface area contributed by atoms with Crippen molar-refractivity contribution in [2.24, 2.45) is 0 Å². The van der Waals surface area contributed by atoms with Crippen LogP contribution in [-0.4, -0.2) is 49.1 Å². The van der Waals surface area contributed by atoms with Crippen molar-refractivity contribution in [1.82, 2.24) is 10.2 Å². The summed E-state index contributed by atoms with van der Waals surface area (Å²) < 4.78 is 0.734. The fourth-order valence-corrected chi connectivity index (χ4v) is 3.54. The Labute approximate surface area is 167 Å². The first kappa shape index (κ1) is 18.8. The van der Waals surface area contributed by atoms with Gasteiger partial charge in [0.25, 0.3) is 5.91 Å². The van der Waals surface area contributed by atoms with E-state index < -0.39 is 0 Å². The summed E-state index contributed by atoms with van der Waals surface area (Å²) in [6.45, 7) is 3.98. The Morgan fingerprint density at radius 2 is 1.69 bits per heavy atom. The van der Waals surface area contributed by atoms with Gasteiger partial charge in [-0.3, -0.25) is 10.1 Å². The van der Waals surface area contributed by atoms with E-state index in [0.717, 1.165) is 42.0 Å². The molecule has 0 radical (unpaired) electrons. The summed E-state index contributed by atoms with van der Waals surface area (Å²) in [4.78, 5) is 17.1. The molecule has 1 saturated heterocycles. The van der Waals surface area contributed by atoms with E-state index in [1.165, 1.54) is 0 Å². The third kappa shape index (κ3) is 4.60. The van der Waals surface area contributed by atoms with Crippen LogP contribution in [0, 0.1) is 0 Å². The van der Waals surface area contributed by atoms with E-state index in [1.54, 1.807) is 6.07 Å². The van der Waals surface area contributed by atoms with Gasteiger partial charge in [-0.2, -0.15) is 0 Å². The summed E-state index contributed by atoms with van der Waals surface area (Å²) in [5, 5.41) is 6.20. The Balaban J connectivity index is 1.68. The summed E-state index contributed by atoms with van der Waals surface area (Å²) >= 11 is 8.74. The lowest BCUT2D eigenvalue weighted by molar-refractivity contribution is 0.0977. The maximum atomic E-state index is 12.4. The molecule has 2 N–H and O–H groups in total. The molecule has 0 spiro atoms. The number of nitrogens with zero attached hydrogens (tertiary/aromatic N) is 2. The summed E-state index contributed by atoms with van der Waals surface area (Å²) in [6.07, 6.45) is 0. The van der Waals surface area contributed by atoms with Crippen molar-refractivity contribution >= 4 is 50.5 Å². The number of benzene rings is 2. The van der Waals surface area contributed by atoms with Crippen LogP contribution < -0.4 is 15.5 Å². The molecule has 5 nitrogen and oxygen atoms in total. The third-order valence-electron chi connectivity index (χ3n) is 4.34. The number of halogens is 1. The van der Waals surface area contributed by atoms with Gasteiger partial charge in [-0.15, -0.1) is 0 Å². The number of nitrogens with one attached hydrogen (secondary N) is 2. The van der Waals surface area contributed by atoms with E-state index in [1.807, 2.05) is 36.4 Å².